The fourth-order valence-corrected chi connectivity index (χ4v) is 0. The third kappa shape index (κ3) is 42.2. The second kappa shape index (κ2) is 53.9. The Labute approximate surface area is 131 Å². The molecule has 0 spiro atoms. The summed E-state index contributed by atoms with van der Waals surface area (Å²) in [5.74, 6) is 0. The summed E-state index contributed by atoms with van der Waals surface area (Å²) in [7, 11) is 0. The van der Waals surface area contributed by atoms with Gasteiger partial charge in [0, 0.05) is 34.1 Å². The molecule has 0 saturated heterocycles. The van der Waals surface area contributed by atoms with Crippen molar-refractivity contribution in [2.45, 2.75) is 0 Å². The van der Waals surface area contributed by atoms with E-state index in [0.717, 1.165) is 0 Å². The van der Waals surface area contributed by atoms with E-state index in [4.69, 9.17) is 0 Å². The van der Waals surface area contributed by atoms with Crippen molar-refractivity contribution in [1.82, 2.24) is 0 Å². The summed E-state index contributed by atoms with van der Waals surface area (Å²) >= 11 is 0. The SMILES string of the molecule is [Ce+3].[Ce+3].[Cu].[Cu].[O-2].[O-2].[O-2]. The third-order valence-corrected chi connectivity index (χ3v) is 0. The molecule has 0 aromatic rings. The van der Waals surface area contributed by atoms with Gasteiger partial charge in [-0.1, -0.05) is 0 Å². The molecular formula is Ce2Cu2O3. The van der Waals surface area contributed by atoms with E-state index in [9.17, 15) is 0 Å². The molecule has 0 atom stereocenters. The first-order valence-electron chi connectivity index (χ1n) is 0. The predicted molar refractivity (Wildman–Crippen MR) is 2.06 cm³/mol. The molecule has 48 valence electrons. The van der Waals surface area contributed by atoms with Crippen LogP contribution in [0.5, 0.6) is 0 Å². The average molecular weight is 455 g/mol. The molecule has 0 fully saturated rings. The Hall–Kier alpha value is 3.67. The van der Waals surface area contributed by atoms with Crippen molar-refractivity contribution in [2.75, 3.05) is 0 Å². The molecule has 0 rings (SSSR count). The minimum Gasteiger partial charge on any atom is -2.00 e. The van der Waals surface area contributed by atoms with Crippen LogP contribution in [0.25, 0.3) is 0 Å². The molecule has 0 aromatic heterocycles. The third-order valence-electron chi connectivity index (χ3n) is 0. The topological polar surface area (TPSA) is 85.5 Å². The van der Waals surface area contributed by atoms with Gasteiger partial charge >= 0.3 is 83.5 Å². The Kier molecular flexibility index (Phi) is 571. The van der Waals surface area contributed by atoms with Crippen LogP contribution in [-0.4, -0.2) is 0 Å². The first-order valence-corrected chi connectivity index (χ1v) is 0. The van der Waals surface area contributed by atoms with Gasteiger partial charge in [0.25, 0.3) is 0 Å². The zero-order valence-corrected chi connectivity index (χ0v) is 11.0. The van der Waals surface area contributed by atoms with Crippen LogP contribution in [0.4, 0.5) is 0 Å². The van der Waals surface area contributed by atoms with Crippen LogP contribution >= 0.6 is 0 Å². The Morgan fingerprint density at radius 1 is 0.429 bits per heavy atom. The van der Waals surface area contributed by atoms with E-state index in [0.29, 0.717) is 0 Å². The molecule has 0 saturated carbocycles. The van der Waals surface area contributed by atoms with Crippen molar-refractivity contribution in [2.24, 2.45) is 0 Å². The van der Waals surface area contributed by atoms with E-state index in [-0.39, 0.29) is 134 Å². The molecule has 0 heterocycles. The van der Waals surface area contributed by atoms with Crippen molar-refractivity contribution in [3.05, 3.63) is 0 Å². The van der Waals surface area contributed by atoms with Gasteiger partial charge in [0.05, 0.1) is 0 Å². The van der Waals surface area contributed by atoms with E-state index in [1.165, 1.54) is 0 Å². The summed E-state index contributed by atoms with van der Waals surface area (Å²) < 4.78 is 0. The average Bonchev–Trinajstić information content (AvgIpc) is 0. The molecule has 7 heavy (non-hydrogen) atoms. The van der Waals surface area contributed by atoms with Crippen LogP contribution in [0, 0.1) is 83.5 Å². The maximum atomic E-state index is 0. The molecule has 4 radical (unpaired) electrons. The second-order valence-corrected chi connectivity index (χ2v) is 0. The van der Waals surface area contributed by atoms with Gasteiger partial charge in [0.1, 0.15) is 0 Å². The summed E-state index contributed by atoms with van der Waals surface area (Å²) in [6.07, 6.45) is 0. The minimum atomic E-state index is 0. The first-order chi connectivity index (χ1) is 0. The van der Waals surface area contributed by atoms with Gasteiger partial charge in [-0.15, -0.1) is 0 Å². The van der Waals surface area contributed by atoms with Crippen LogP contribution in [0.3, 0.4) is 0 Å². The van der Waals surface area contributed by atoms with Crippen LogP contribution in [0.1, 0.15) is 0 Å². The van der Waals surface area contributed by atoms with Gasteiger partial charge in [-0.05, 0) is 0 Å². The molecule has 0 aromatic carbocycles. The molecule has 0 aliphatic carbocycles. The summed E-state index contributed by atoms with van der Waals surface area (Å²) in [5.41, 5.74) is 0. The molecular weight excluding hydrogens is 455 g/mol. The van der Waals surface area contributed by atoms with Crippen molar-refractivity contribution in [1.29, 1.82) is 0 Å². The summed E-state index contributed by atoms with van der Waals surface area (Å²) in [6.45, 7) is 0. The van der Waals surface area contributed by atoms with E-state index in [1.54, 1.807) is 0 Å². The monoisotopic (exact) mass is 454 g/mol. The Morgan fingerprint density at radius 3 is 0.429 bits per heavy atom. The summed E-state index contributed by atoms with van der Waals surface area (Å²) in [5, 5.41) is 0. The summed E-state index contributed by atoms with van der Waals surface area (Å²) in [6, 6.07) is 0. The number of hydrogen-bond acceptors (Lipinski definition) is 0. The predicted octanol–water partition coefficient (Wildman–Crippen LogP) is -0.361. The fraction of sp³-hybridized carbons (Fsp3) is 0. The van der Waals surface area contributed by atoms with Gasteiger partial charge in [0.2, 0.25) is 0 Å². The van der Waals surface area contributed by atoms with Gasteiger partial charge in [-0.25, -0.2) is 0 Å². The minimum absolute atomic E-state index is 0. The summed E-state index contributed by atoms with van der Waals surface area (Å²) in [4.78, 5) is 0. The molecule has 0 unspecified atom stereocenters. The maximum Gasteiger partial charge on any atom is 3.00 e. The Bertz CT molecular complexity index is 10.9. The molecule has 0 bridgehead atoms. The van der Waals surface area contributed by atoms with Crippen LogP contribution in [-0.2, 0) is 50.6 Å². The fourth-order valence-electron chi connectivity index (χ4n) is 0. The largest absolute Gasteiger partial charge is 3.00 e. The molecule has 0 aliphatic heterocycles. The standard InChI is InChI=1S/2Ce.2Cu.3O/q2*+3;;;3*-2. The Balaban J connectivity index is 0. The maximum absolute atomic E-state index is 0. The molecule has 7 heteroatoms. The van der Waals surface area contributed by atoms with Crippen LogP contribution in [0.15, 0.2) is 0 Å². The molecule has 0 aliphatic rings. The second-order valence-electron chi connectivity index (χ2n) is 0. The Morgan fingerprint density at radius 2 is 0.429 bits per heavy atom. The molecule has 3 nitrogen and oxygen atoms in total. The number of rotatable bonds is 0. The van der Waals surface area contributed by atoms with Crippen LogP contribution < -0.4 is 0 Å². The normalized spacial score (nSPS) is 0. The van der Waals surface area contributed by atoms with Crippen molar-refractivity contribution in [3.8, 4) is 0 Å². The molecule has 0 amide bonds. The van der Waals surface area contributed by atoms with E-state index in [1.807, 2.05) is 0 Å². The van der Waals surface area contributed by atoms with Gasteiger partial charge < -0.3 is 16.4 Å². The van der Waals surface area contributed by atoms with E-state index in [2.05, 4.69) is 0 Å². The van der Waals surface area contributed by atoms with Gasteiger partial charge in [-0.2, -0.15) is 0 Å². The zero-order valence-electron chi connectivity index (χ0n) is 2.83. The van der Waals surface area contributed by atoms with Gasteiger partial charge in [0.15, 0.2) is 0 Å². The van der Waals surface area contributed by atoms with Gasteiger partial charge in [-0.3, -0.25) is 0 Å². The smallest absolute Gasteiger partial charge is 2.00 e. The van der Waals surface area contributed by atoms with Crippen molar-refractivity contribution >= 4 is 0 Å². The number of hydrogen-bond donors (Lipinski definition) is 0. The van der Waals surface area contributed by atoms with Crippen molar-refractivity contribution in [3.63, 3.8) is 0 Å². The quantitative estimate of drug-likeness (QED) is 0.447. The molecule has 0 N–H and O–H groups in total. The van der Waals surface area contributed by atoms with Crippen molar-refractivity contribution < 1.29 is 134 Å². The van der Waals surface area contributed by atoms with E-state index < -0.39 is 0 Å². The van der Waals surface area contributed by atoms with E-state index >= 15 is 0 Å². The zero-order chi connectivity index (χ0) is 0. The van der Waals surface area contributed by atoms with Crippen LogP contribution in [0.2, 0.25) is 0 Å². The first kappa shape index (κ1) is 74.0.